The number of aryl methyl sites for hydroxylation is 2. The number of aliphatic carboxylic acids is 1. The number of carboxylic acids is 1. The van der Waals surface area contributed by atoms with Crippen molar-refractivity contribution in [1.82, 2.24) is 4.90 Å². The summed E-state index contributed by atoms with van der Waals surface area (Å²) >= 11 is 0. The molecule has 0 aliphatic carbocycles. The molecule has 0 saturated carbocycles. The Morgan fingerprint density at radius 1 is 1.32 bits per heavy atom. The summed E-state index contributed by atoms with van der Waals surface area (Å²) in [6, 6.07) is 7.09. The molecule has 1 aliphatic heterocycles. The van der Waals surface area contributed by atoms with Crippen molar-refractivity contribution in [1.29, 1.82) is 0 Å². The van der Waals surface area contributed by atoms with Crippen LogP contribution in [0.4, 0.5) is 0 Å². The predicted molar refractivity (Wildman–Crippen MR) is 90.0 cm³/mol. The van der Waals surface area contributed by atoms with Crippen molar-refractivity contribution in [3.8, 4) is 0 Å². The van der Waals surface area contributed by atoms with Gasteiger partial charge in [0.2, 0.25) is 0 Å². The van der Waals surface area contributed by atoms with Gasteiger partial charge < -0.3 is 5.11 Å². The van der Waals surface area contributed by atoms with Crippen LogP contribution in [0, 0.1) is 19.8 Å². The van der Waals surface area contributed by atoms with E-state index in [0.29, 0.717) is 6.04 Å². The normalized spacial score (nSPS) is 20.8. The van der Waals surface area contributed by atoms with E-state index in [1.165, 1.54) is 29.5 Å². The van der Waals surface area contributed by atoms with E-state index in [9.17, 15) is 9.90 Å². The van der Waals surface area contributed by atoms with E-state index in [1.807, 2.05) is 6.92 Å². The molecule has 2 unspecified atom stereocenters. The highest BCUT2D eigenvalue weighted by atomic mass is 16.4. The monoisotopic (exact) mass is 303 g/mol. The summed E-state index contributed by atoms with van der Waals surface area (Å²) in [6.07, 6.45) is 5.10. The van der Waals surface area contributed by atoms with Gasteiger partial charge in [0.15, 0.2) is 0 Å². The first-order valence-electron chi connectivity index (χ1n) is 8.54. The molecular formula is C19H29NO2. The van der Waals surface area contributed by atoms with E-state index in [1.54, 1.807) is 0 Å². The maximum Gasteiger partial charge on any atom is 0.306 e. The summed E-state index contributed by atoms with van der Waals surface area (Å²) in [5.74, 6) is -0.843. The number of piperidine rings is 1. The lowest BCUT2D eigenvalue weighted by Crippen LogP contribution is -2.41. The second-order valence-electron chi connectivity index (χ2n) is 6.72. The van der Waals surface area contributed by atoms with Gasteiger partial charge in [0.1, 0.15) is 0 Å². The van der Waals surface area contributed by atoms with Crippen molar-refractivity contribution in [3.63, 3.8) is 0 Å². The van der Waals surface area contributed by atoms with E-state index in [0.717, 1.165) is 32.4 Å². The molecule has 0 amide bonds. The van der Waals surface area contributed by atoms with Gasteiger partial charge in [0.25, 0.3) is 0 Å². The molecule has 1 aromatic carbocycles. The van der Waals surface area contributed by atoms with Gasteiger partial charge in [-0.2, -0.15) is 0 Å². The lowest BCUT2D eigenvalue weighted by atomic mass is 9.90. The first kappa shape index (κ1) is 17.0. The second-order valence-corrected chi connectivity index (χ2v) is 6.72. The number of benzene rings is 1. The highest BCUT2D eigenvalue weighted by molar-refractivity contribution is 5.69. The van der Waals surface area contributed by atoms with Gasteiger partial charge in [-0.1, -0.05) is 31.5 Å². The Balaban J connectivity index is 2.05. The molecular weight excluding hydrogens is 274 g/mol. The van der Waals surface area contributed by atoms with Gasteiger partial charge in [-0.05, 0) is 62.8 Å². The highest BCUT2D eigenvalue weighted by Crippen LogP contribution is 2.26. The molecule has 1 N–H and O–H groups in total. The molecule has 3 heteroatoms. The molecule has 1 aliphatic rings. The molecule has 1 heterocycles. The van der Waals surface area contributed by atoms with Gasteiger partial charge in [-0.25, -0.2) is 0 Å². The second kappa shape index (κ2) is 7.77. The Labute approximate surface area is 134 Å². The van der Waals surface area contributed by atoms with Crippen molar-refractivity contribution in [2.24, 2.45) is 5.92 Å². The molecule has 2 rings (SSSR count). The minimum Gasteiger partial charge on any atom is -0.481 e. The lowest BCUT2D eigenvalue weighted by Gasteiger charge is -2.37. The first-order chi connectivity index (χ1) is 10.5. The quantitative estimate of drug-likeness (QED) is 0.858. The van der Waals surface area contributed by atoms with Crippen molar-refractivity contribution in [2.75, 3.05) is 6.54 Å². The van der Waals surface area contributed by atoms with Crippen LogP contribution in [0.2, 0.25) is 0 Å². The standard InChI is InChI=1S/C19H29NO2/c1-4-17(19(21)22)12-18-7-5-6-10-20(18)13-16-9-8-14(2)15(3)11-16/h8-9,11,17-18H,4-7,10,12-13H2,1-3H3,(H,21,22). The number of hydrogen-bond acceptors (Lipinski definition) is 2. The minimum absolute atomic E-state index is 0.203. The number of carbonyl (C=O) groups is 1. The van der Waals surface area contributed by atoms with Crippen LogP contribution in [0.1, 0.15) is 55.7 Å². The molecule has 0 spiro atoms. The lowest BCUT2D eigenvalue weighted by molar-refractivity contribution is -0.142. The van der Waals surface area contributed by atoms with Crippen LogP contribution in [0.5, 0.6) is 0 Å². The fourth-order valence-electron chi connectivity index (χ4n) is 3.44. The van der Waals surface area contributed by atoms with Crippen LogP contribution in [-0.4, -0.2) is 28.6 Å². The average molecular weight is 303 g/mol. The third-order valence-corrected chi connectivity index (χ3v) is 5.10. The van der Waals surface area contributed by atoms with E-state index in [4.69, 9.17) is 0 Å². The smallest absolute Gasteiger partial charge is 0.306 e. The van der Waals surface area contributed by atoms with Crippen molar-refractivity contribution < 1.29 is 9.90 Å². The summed E-state index contributed by atoms with van der Waals surface area (Å²) in [6.45, 7) is 8.32. The van der Waals surface area contributed by atoms with Crippen LogP contribution >= 0.6 is 0 Å². The van der Waals surface area contributed by atoms with Crippen molar-refractivity contribution >= 4 is 5.97 Å². The Hall–Kier alpha value is -1.35. The number of carboxylic acid groups (broad SMARTS) is 1. The molecule has 22 heavy (non-hydrogen) atoms. The van der Waals surface area contributed by atoms with E-state index in [-0.39, 0.29) is 5.92 Å². The SMILES string of the molecule is CCC(CC1CCCCN1Cc1ccc(C)c(C)c1)C(=O)O. The van der Waals surface area contributed by atoms with Crippen LogP contribution in [0.15, 0.2) is 18.2 Å². The van der Waals surface area contributed by atoms with Crippen LogP contribution in [0.3, 0.4) is 0 Å². The van der Waals surface area contributed by atoms with E-state index >= 15 is 0 Å². The number of nitrogens with zero attached hydrogens (tertiary/aromatic N) is 1. The maximum atomic E-state index is 11.3. The van der Waals surface area contributed by atoms with Crippen LogP contribution in [0.25, 0.3) is 0 Å². The fraction of sp³-hybridized carbons (Fsp3) is 0.632. The van der Waals surface area contributed by atoms with Gasteiger partial charge in [-0.3, -0.25) is 9.69 Å². The van der Waals surface area contributed by atoms with Gasteiger partial charge >= 0.3 is 5.97 Å². The Kier molecular flexibility index (Phi) is 6.01. The van der Waals surface area contributed by atoms with Crippen LogP contribution < -0.4 is 0 Å². The number of hydrogen-bond donors (Lipinski definition) is 1. The third kappa shape index (κ3) is 4.33. The molecule has 1 fully saturated rings. The molecule has 122 valence electrons. The molecule has 1 saturated heterocycles. The first-order valence-corrected chi connectivity index (χ1v) is 8.54. The van der Waals surface area contributed by atoms with Gasteiger partial charge in [0.05, 0.1) is 5.92 Å². The maximum absolute atomic E-state index is 11.3. The predicted octanol–water partition coefficient (Wildman–Crippen LogP) is 4.16. The topological polar surface area (TPSA) is 40.5 Å². The van der Waals surface area contributed by atoms with Gasteiger partial charge in [0, 0.05) is 12.6 Å². The highest BCUT2D eigenvalue weighted by Gasteiger charge is 2.27. The number of likely N-dealkylation sites (tertiary alicyclic amines) is 1. The fourth-order valence-corrected chi connectivity index (χ4v) is 3.44. The van der Waals surface area contributed by atoms with Gasteiger partial charge in [-0.15, -0.1) is 0 Å². The summed E-state index contributed by atoms with van der Waals surface area (Å²) in [7, 11) is 0. The Morgan fingerprint density at radius 2 is 2.09 bits per heavy atom. The Bertz CT molecular complexity index is 512. The summed E-state index contributed by atoms with van der Waals surface area (Å²) in [4.78, 5) is 13.8. The van der Waals surface area contributed by atoms with E-state index in [2.05, 4.69) is 36.9 Å². The molecule has 0 bridgehead atoms. The summed E-state index contributed by atoms with van der Waals surface area (Å²) in [5.41, 5.74) is 4.01. The molecule has 1 aromatic rings. The van der Waals surface area contributed by atoms with Crippen LogP contribution in [-0.2, 0) is 11.3 Å². The Morgan fingerprint density at radius 3 is 2.73 bits per heavy atom. The van der Waals surface area contributed by atoms with Crippen molar-refractivity contribution in [3.05, 3.63) is 34.9 Å². The summed E-state index contributed by atoms with van der Waals surface area (Å²) in [5, 5.41) is 9.33. The zero-order valence-electron chi connectivity index (χ0n) is 14.1. The third-order valence-electron chi connectivity index (χ3n) is 5.10. The largest absolute Gasteiger partial charge is 0.481 e. The van der Waals surface area contributed by atoms with E-state index < -0.39 is 5.97 Å². The zero-order valence-corrected chi connectivity index (χ0v) is 14.1. The molecule has 2 atom stereocenters. The number of rotatable bonds is 6. The summed E-state index contributed by atoms with van der Waals surface area (Å²) < 4.78 is 0. The molecule has 3 nitrogen and oxygen atoms in total. The zero-order chi connectivity index (χ0) is 16.1. The molecule has 0 radical (unpaired) electrons. The minimum atomic E-state index is -0.640. The average Bonchev–Trinajstić information content (AvgIpc) is 2.49. The molecule has 0 aromatic heterocycles. The van der Waals surface area contributed by atoms with Crippen molar-refractivity contribution in [2.45, 2.75) is 65.5 Å².